The third-order valence-corrected chi connectivity index (χ3v) is 3.38. The van der Waals surface area contributed by atoms with Crippen LogP contribution in [0.1, 0.15) is 38.7 Å². The van der Waals surface area contributed by atoms with E-state index in [-0.39, 0.29) is 12.3 Å². The number of tetrazole rings is 1. The average Bonchev–Trinajstić information content (AvgIpc) is 2.85. The first-order chi connectivity index (χ1) is 9.97. The first-order valence-electron chi connectivity index (χ1n) is 7.05. The standard InChI is InChI=1S/C15H20N4O2/c1-10(2)12-4-6-13(7-5-12)15-16-17-18-19(15)9-11(3)8-14(20)21/h4-7,10-11H,8-9H2,1-3H3,(H,20,21). The van der Waals surface area contributed by atoms with Gasteiger partial charge in [-0.1, -0.05) is 45.0 Å². The number of hydrogen-bond acceptors (Lipinski definition) is 4. The molecule has 0 spiro atoms. The van der Waals surface area contributed by atoms with Gasteiger partial charge in [-0.25, -0.2) is 4.68 Å². The minimum Gasteiger partial charge on any atom is -0.481 e. The fraction of sp³-hybridized carbons (Fsp3) is 0.467. The van der Waals surface area contributed by atoms with Crippen molar-refractivity contribution in [2.75, 3.05) is 0 Å². The number of carboxylic acids is 1. The van der Waals surface area contributed by atoms with E-state index in [0.29, 0.717) is 18.3 Å². The predicted molar refractivity (Wildman–Crippen MR) is 78.8 cm³/mol. The van der Waals surface area contributed by atoms with Gasteiger partial charge in [0.05, 0.1) is 0 Å². The third-order valence-electron chi connectivity index (χ3n) is 3.38. The summed E-state index contributed by atoms with van der Waals surface area (Å²) in [5.41, 5.74) is 2.20. The molecule has 2 rings (SSSR count). The van der Waals surface area contributed by atoms with Crippen LogP contribution in [0, 0.1) is 5.92 Å². The number of aromatic nitrogens is 4. The van der Waals surface area contributed by atoms with Crippen LogP contribution in [0.15, 0.2) is 24.3 Å². The molecule has 21 heavy (non-hydrogen) atoms. The van der Waals surface area contributed by atoms with Crippen molar-refractivity contribution in [1.82, 2.24) is 20.2 Å². The summed E-state index contributed by atoms with van der Waals surface area (Å²) >= 11 is 0. The molecule has 1 aromatic carbocycles. The molecule has 1 atom stereocenters. The van der Waals surface area contributed by atoms with Crippen LogP contribution in [-0.2, 0) is 11.3 Å². The molecular formula is C15H20N4O2. The van der Waals surface area contributed by atoms with Crippen LogP contribution in [0.5, 0.6) is 0 Å². The van der Waals surface area contributed by atoms with Gasteiger partial charge in [0.25, 0.3) is 0 Å². The molecule has 112 valence electrons. The normalized spacial score (nSPS) is 12.6. The molecular weight excluding hydrogens is 268 g/mol. The second-order valence-corrected chi connectivity index (χ2v) is 5.66. The van der Waals surface area contributed by atoms with Crippen molar-refractivity contribution in [2.45, 2.75) is 39.7 Å². The van der Waals surface area contributed by atoms with E-state index in [9.17, 15) is 4.79 Å². The summed E-state index contributed by atoms with van der Waals surface area (Å²) in [5.74, 6) is 0.311. The van der Waals surface area contributed by atoms with Crippen molar-refractivity contribution in [1.29, 1.82) is 0 Å². The van der Waals surface area contributed by atoms with Crippen LogP contribution in [-0.4, -0.2) is 31.3 Å². The number of hydrogen-bond donors (Lipinski definition) is 1. The van der Waals surface area contributed by atoms with Crippen LogP contribution in [0.3, 0.4) is 0 Å². The highest BCUT2D eigenvalue weighted by Crippen LogP contribution is 2.21. The molecule has 0 aliphatic heterocycles. The van der Waals surface area contributed by atoms with E-state index in [0.717, 1.165) is 5.56 Å². The van der Waals surface area contributed by atoms with Gasteiger partial charge in [-0.15, -0.1) is 5.10 Å². The van der Waals surface area contributed by atoms with E-state index >= 15 is 0 Å². The van der Waals surface area contributed by atoms with Gasteiger partial charge in [-0.2, -0.15) is 0 Å². The fourth-order valence-electron chi connectivity index (χ4n) is 2.21. The van der Waals surface area contributed by atoms with Gasteiger partial charge >= 0.3 is 5.97 Å². The molecule has 0 saturated heterocycles. The zero-order chi connectivity index (χ0) is 15.4. The summed E-state index contributed by atoms with van der Waals surface area (Å²) in [7, 11) is 0. The molecule has 0 aliphatic carbocycles. The molecule has 1 aromatic heterocycles. The van der Waals surface area contributed by atoms with E-state index in [1.807, 2.05) is 19.1 Å². The van der Waals surface area contributed by atoms with Gasteiger partial charge in [0.1, 0.15) is 0 Å². The fourth-order valence-corrected chi connectivity index (χ4v) is 2.21. The maximum Gasteiger partial charge on any atom is 0.303 e. The van der Waals surface area contributed by atoms with E-state index in [1.54, 1.807) is 4.68 Å². The van der Waals surface area contributed by atoms with E-state index in [2.05, 4.69) is 41.5 Å². The van der Waals surface area contributed by atoms with E-state index in [4.69, 9.17) is 5.11 Å². The zero-order valence-corrected chi connectivity index (χ0v) is 12.5. The lowest BCUT2D eigenvalue weighted by Crippen LogP contribution is -2.14. The van der Waals surface area contributed by atoms with Gasteiger partial charge in [-0.3, -0.25) is 4.79 Å². The van der Waals surface area contributed by atoms with Crippen molar-refractivity contribution in [2.24, 2.45) is 5.92 Å². The molecule has 0 aliphatic rings. The topological polar surface area (TPSA) is 80.9 Å². The van der Waals surface area contributed by atoms with Gasteiger partial charge in [-0.05, 0) is 27.8 Å². The number of carbonyl (C=O) groups is 1. The van der Waals surface area contributed by atoms with Crippen molar-refractivity contribution < 1.29 is 9.90 Å². The Bertz CT molecular complexity index is 604. The average molecular weight is 288 g/mol. The van der Waals surface area contributed by atoms with Gasteiger partial charge in [0, 0.05) is 18.5 Å². The Kier molecular flexibility index (Phi) is 4.67. The summed E-state index contributed by atoms with van der Waals surface area (Å²) in [5, 5.41) is 20.5. The molecule has 1 heterocycles. The maximum atomic E-state index is 10.7. The van der Waals surface area contributed by atoms with Crippen LogP contribution in [0.2, 0.25) is 0 Å². The molecule has 0 radical (unpaired) electrons. The van der Waals surface area contributed by atoms with E-state index < -0.39 is 5.97 Å². The largest absolute Gasteiger partial charge is 0.481 e. The minimum atomic E-state index is -0.807. The van der Waals surface area contributed by atoms with Crippen molar-refractivity contribution >= 4 is 5.97 Å². The van der Waals surface area contributed by atoms with Crippen LogP contribution < -0.4 is 0 Å². The van der Waals surface area contributed by atoms with Crippen molar-refractivity contribution in [3.05, 3.63) is 29.8 Å². The lowest BCUT2D eigenvalue weighted by atomic mass is 10.0. The van der Waals surface area contributed by atoms with Crippen molar-refractivity contribution in [3.63, 3.8) is 0 Å². The van der Waals surface area contributed by atoms with Gasteiger partial charge in [0.2, 0.25) is 0 Å². The Morgan fingerprint density at radius 1 is 1.24 bits per heavy atom. The maximum absolute atomic E-state index is 10.7. The number of benzene rings is 1. The van der Waals surface area contributed by atoms with Crippen LogP contribution in [0.4, 0.5) is 0 Å². The highest BCUT2D eigenvalue weighted by atomic mass is 16.4. The SMILES string of the molecule is CC(CC(=O)O)Cn1nnnc1-c1ccc(C(C)C)cc1. The minimum absolute atomic E-state index is 0.0281. The summed E-state index contributed by atoms with van der Waals surface area (Å²) in [6, 6.07) is 8.14. The zero-order valence-electron chi connectivity index (χ0n) is 12.5. The Morgan fingerprint density at radius 2 is 1.90 bits per heavy atom. The first-order valence-corrected chi connectivity index (χ1v) is 7.05. The summed E-state index contributed by atoms with van der Waals surface area (Å²) < 4.78 is 1.66. The molecule has 0 bridgehead atoms. The molecule has 6 heteroatoms. The molecule has 0 amide bonds. The second-order valence-electron chi connectivity index (χ2n) is 5.66. The quantitative estimate of drug-likeness (QED) is 0.883. The van der Waals surface area contributed by atoms with Crippen LogP contribution >= 0.6 is 0 Å². The number of carboxylic acid groups (broad SMARTS) is 1. The monoisotopic (exact) mass is 288 g/mol. The number of rotatable bonds is 6. The molecule has 1 N–H and O–H groups in total. The smallest absolute Gasteiger partial charge is 0.303 e. The molecule has 1 unspecified atom stereocenters. The second kappa shape index (κ2) is 6.47. The first kappa shape index (κ1) is 15.2. The molecule has 2 aromatic rings. The number of aliphatic carboxylic acids is 1. The Hall–Kier alpha value is -2.24. The third kappa shape index (κ3) is 3.87. The van der Waals surface area contributed by atoms with E-state index in [1.165, 1.54) is 5.56 Å². The highest BCUT2D eigenvalue weighted by Gasteiger charge is 2.14. The summed E-state index contributed by atoms with van der Waals surface area (Å²) in [4.78, 5) is 10.7. The lowest BCUT2D eigenvalue weighted by Gasteiger charge is -2.10. The summed E-state index contributed by atoms with van der Waals surface area (Å²) in [6.45, 7) is 6.65. The van der Waals surface area contributed by atoms with Gasteiger partial charge < -0.3 is 5.11 Å². The molecule has 0 fully saturated rings. The highest BCUT2D eigenvalue weighted by molar-refractivity contribution is 5.66. The molecule has 6 nitrogen and oxygen atoms in total. The lowest BCUT2D eigenvalue weighted by molar-refractivity contribution is -0.138. The number of nitrogens with zero attached hydrogens (tertiary/aromatic N) is 4. The summed E-state index contributed by atoms with van der Waals surface area (Å²) in [6.07, 6.45) is 0.103. The Balaban J connectivity index is 2.17. The Labute approximate surface area is 123 Å². The van der Waals surface area contributed by atoms with Crippen LogP contribution in [0.25, 0.3) is 11.4 Å². The van der Waals surface area contributed by atoms with Gasteiger partial charge in [0.15, 0.2) is 5.82 Å². The predicted octanol–water partition coefficient (Wildman–Crippen LogP) is 2.57. The molecule has 0 saturated carbocycles. The Morgan fingerprint density at radius 3 is 2.48 bits per heavy atom. The van der Waals surface area contributed by atoms with Crippen molar-refractivity contribution in [3.8, 4) is 11.4 Å².